The van der Waals surface area contributed by atoms with Gasteiger partial charge in [-0.15, -0.1) is 0 Å². The maximum absolute atomic E-state index is 11.3. The topological polar surface area (TPSA) is 81.1 Å². The summed E-state index contributed by atoms with van der Waals surface area (Å²) in [6.45, 7) is 6.19. The first-order valence-electron chi connectivity index (χ1n) is 4.14. The van der Waals surface area contributed by atoms with Gasteiger partial charge < -0.3 is 16.8 Å². The van der Waals surface area contributed by atoms with Crippen LogP contribution in [-0.2, 0) is 4.79 Å². The van der Waals surface area contributed by atoms with Crippen molar-refractivity contribution in [1.82, 2.24) is 5.32 Å². The van der Waals surface area contributed by atoms with E-state index in [1.54, 1.807) is 0 Å². The van der Waals surface area contributed by atoms with E-state index in [0.29, 0.717) is 13.0 Å². The van der Waals surface area contributed by atoms with E-state index in [2.05, 4.69) is 5.32 Å². The van der Waals surface area contributed by atoms with Crippen LogP contribution in [0.15, 0.2) is 0 Å². The number of carbonyl (C=O) groups is 1. The van der Waals surface area contributed by atoms with Crippen LogP contribution in [0, 0.1) is 0 Å². The van der Waals surface area contributed by atoms with Crippen molar-refractivity contribution in [2.45, 2.75) is 38.8 Å². The molecule has 0 rings (SSSR count). The van der Waals surface area contributed by atoms with Gasteiger partial charge in [0, 0.05) is 5.54 Å². The Balaban J connectivity index is 3.87. The summed E-state index contributed by atoms with van der Waals surface area (Å²) in [5.41, 5.74) is 10.6. The number of hydrogen-bond acceptors (Lipinski definition) is 3. The second-order valence-electron chi connectivity index (χ2n) is 3.92. The van der Waals surface area contributed by atoms with E-state index in [0.717, 1.165) is 0 Å². The Morgan fingerprint density at radius 2 is 2.00 bits per heavy atom. The van der Waals surface area contributed by atoms with E-state index >= 15 is 0 Å². The smallest absolute Gasteiger partial charge is 0.237 e. The molecule has 1 atom stereocenters. The fourth-order valence-electron chi connectivity index (χ4n) is 0.773. The van der Waals surface area contributed by atoms with E-state index in [9.17, 15) is 4.79 Å². The van der Waals surface area contributed by atoms with Gasteiger partial charge in [-0.05, 0) is 33.7 Å². The molecular formula is C8H19N3O. The molecule has 0 heterocycles. The highest BCUT2D eigenvalue weighted by molar-refractivity contribution is 5.82. The van der Waals surface area contributed by atoms with Crippen LogP contribution in [0.5, 0.6) is 0 Å². The highest BCUT2D eigenvalue weighted by Gasteiger charge is 2.18. The van der Waals surface area contributed by atoms with Crippen molar-refractivity contribution in [3.8, 4) is 0 Å². The third kappa shape index (κ3) is 5.09. The van der Waals surface area contributed by atoms with Gasteiger partial charge >= 0.3 is 0 Å². The van der Waals surface area contributed by atoms with Crippen LogP contribution in [0.25, 0.3) is 0 Å². The highest BCUT2D eigenvalue weighted by atomic mass is 16.2. The fraction of sp³-hybridized carbons (Fsp3) is 0.875. The van der Waals surface area contributed by atoms with Gasteiger partial charge in [0.1, 0.15) is 0 Å². The van der Waals surface area contributed by atoms with Gasteiger partial charge in [-0.1, -0.05) is 0 Å². The van der Waals surface area contributed by atoms with Gasteiger partial charge in [-0.2, -0.15) is 0 Å². The molecule has 0 aliphatic carbocycles. The number of nitrogens with two attached hydrogens (primary N) is 2. The summed E-state index contributed by atoms with van der Waals surface area (Å²) < 4.78 is 0. The van der Waals surface area contributed by atoms with Crippen molar-refractivity contribution >= 4 is 5.91 Å². The largest absolute Gasteiger partial charge is 0.350 e. The van der Waals surface area contributed by atoms with Crippen molar-refractivity contribution in [2.24, 2.45) is 11.5 Å². The average molecular weight is 173 g/mol. The summed E-state index contributed by atoms with van der Waals surface area (Å²) >= 11 is 0. The number of rotatable bonds is 3. The first kappa shape index (κ1) is 11.4. The van der Waals surface area contributed by atoms with Crippen LogP contribution in [0.4, 0.5) is 0 Å². The maximum Gasteiger partial charge on any atom is 0.237 e. The molecule has 72 valence electrons. The van der Waals surface area contributed by atoms with Crippen molar-refractivity contribution in [2.75, 3.05) is 6.54 Å². The molecule has 0 radical (unpaired) electrons. The van der Waals surface area contributed by atoms with E-state index in [4.69, 9.17) is 11.5 Å². The molecule has 0 fully saturated rings. The molecule has 0 aromatic carbocycles. The maximum atomic E-state index is 11.3. The van der Waals surface area contributed by atoms with Gasteiger partial charge in [0.05, 0.1) is 6.04 Å². The first-order chi connectivity index (χ1) is 5.37. The monoisotopic (exact) mass is 173 g/mol. The summed E-state index contributed by atoms with van der Waals surface area (Å²) in [7, 11) is 0. The summed E-state index contributed by atoms with van der Waals surface area (Å²) in [5.74, 6) is -0.132. The molecular weight excluding hydrogens is 154 g/mol. The molecule has 0 aromatic heterocycles. The molecule has 0 aliphatic rings. The molecule has 0 spiro atoms. The first-order valence-corrected chi connectivity index (χ1v) is 4.14. The Bertz CT molecular complexity index is 151. The quantitative estimate of drug-likeness (QED) is 0.542. The van der Waals surface area contributed by atoms with E-state index in [1.807, 2.05) is 20.8 Å². The van der Waals surface area contributed by atoms with Crippen molar-refractivity contribution in [1.29, 1.82) is 0 Å². The third-order valence-electron chi connectivity index (χ3n) is 1.31. The number of hydrogen-bond donors (Lipinski definition) is 3. The Morgan fingerprint density at radius 3 is 2.33 bits per heavy atom. The van der Waals surface area contributed by atoms with Gasteiger partial charge in [-0.25, -0.2) is 0 Å². The second kappa shape index (κ2) is 4.42. The lowest BCUT2D eigenvalue weighted by atomic mass is 10.1. The van der Waals surface area contributed by atoms with E-state index in [-0.39, 0.29) is 11.4 Å². The minimum Gasteiger partial charge on any atom is -0.350 e. The lowest BCUT2D eigenvalue weighted by Crippen LogP contribution is -2.49. The Hall–Kier alpha value is -0.610. The zero-order valence-corrected chi connectivity index (χ0v) is 8.05. The standard InChI is InChI=1S/C8H19N3O/c1-8(2,3)11-7(12)6(10)4-5-9/h6H,4-5,9-10H2,1-3H3,(H,11,12). The summed E-state index contributed by atoms with van der Waals surface area (Å²) in [6.07, 6.45) is 0.530. The van der Waals surface area contributed by atoms with Gasteiger partial charge in [0.15, 0.2) is 0 Å². The predicted molar refractivity (Wildman–Crippen MR) is 49.5 cm³/mol. The van der Waals surface area contributed by atoms with Crippen molar-refractivity contribution in [3.05, 3.63) is 0 Å². The van der Waals surface area contributed by atoms with Crippen molar-refractivity contribution in [3.63, 3.8) is 0 Å². The van der Waals surface area contributed by atoms with Crippen molar-refractivity contribution < 1.29 is 4.79 Å². The van der Waals surface area contributed by atoms with Crippen LogP contribution >= 0.6 is 0 Å². The SMILES string of the molecule is CC(C)(C)NC(=O)C(N)CCN. The van der Waals surface area contributed by atoms with Crippen LogP contribution in [-0.4, -0.2) is 24.0 Å². The lowest BCUT2D eigenvalue weighted by Gasteiger charge is -2.22. The minimum atomic E-state index is -0.478. The van der Waals surface area contributed by atoms with Gasteiger partial charge in [0.25, 0.3) is 0 Å². The average Bonchev–Trinajstić information content (AvgIpc) is 1.84. The normalized spacial score (nSPS) is 14.1. The van der Waals surface area contributed by atoms with E-state index < -0.39 is 6.04 Å². The molecule has 5 N–H and O–H groups in total. The molecule has 0 aromatic rings. The van der Waals surface area contributed by atoms with Gasteiger partial charge in [-0.3, -0.25) is 4.79 Å². The number of carbonyl (C=O) groups excluding carboxylic acids is 1. The molecule has 0 saturated heterocycles. The van der Waals surface area contributed by atoms with Crippen LogP contribution < -0.4 is 16.8 Å². The summed E-state index contributed by atoms with van der Waals surface area (Å²) in [6, 6.07) is -0.478. The highest BCUT2D eigenvalue weighted by Crippen LogP contribution is 1.99. The molecule has 1 amide bonds. The molecule has 1 unspecified atom stereocenters. The predicted octanol–water partition coefficient (Wildman–Crippen LogP) is -0.423. The molecule has 12 heavy (non-hydrogen) atoms. The Kier molecular flexibility index (Phi) is 4.20. The molecule has 0 bridgehead atoms. The zero-order valence-electron chi connectivity index (χ0n) is 8.05. The Morgan fingerprint density at radius 1 is 1.50 bits per heavy atom. The molecule has 4 heteroatoms. The second-order valence-corrected chi connectivity index (χ2v) is 3.92. The van der Waals surface area contributed by atoms with E-state index in [1.165, 1.54) is 0 Å². The molecule has 0 saturated carbocycles. The van der Waals surface area contributed by atoms with Gasteiger partial charge in [0.2, 0.25) is 5.91 Å². The third-order valence-corrected chi connectivity index (χ3v) is 1.31. The van der Waals surface area contributed by atoms with Crippen LogP contribution in [0.1, 0.15) is 27.2 Å². The summed E-state index contributed by atoms with van der Waals surface area (Å²) in [5, 5.41) is 2.78. The fourth-order valence-corrected chi connectivity index (χ4v) is 0.773. The molecule has 0 aliphatic heterocycles. The minimum absolute atomic E-state index is 0.132. The van der Waals surface area contributed by atoms with Crippen LogP contribution in [0.2, 0.25) is 0 Å². The lowest BCUT2D eigenvalue weighted by molar-refractivity contribution is -0.123. The number of nitrogens with one attached hydrogen (secondary N) is 1. The summed E-state index contributed by atoms with van der Waals surface area (Å²) in [4.78, 5) is 11.3. The Labute approximate surface area is 73.7 Å². The number of amides is 1. The zero-order chi connectivity index (χ0) is 9.78. The molecule has 4 nitrogen and oxygen atoms in total. The van der Waals surface area contributed by atoms with Crippen LogP contribution in [0.3, 0.4) is 0 Å².